The van der Waals surface area contributed by atoms with Crippen LogP contribution in [0, 0.1) is 0 Å². The minimum atomic E-state index is 0.0764. The Balaban J connectivity index is 1.43. The van der Waals surface area contributed by atoms with Crippen LogP contribution < -0.4 is 4.90 Å². The highest BCUT2D eigenvalue weighted by Crippen LogP contribution is 2.39. The van der Waals surface area contributed by atoms with Crippen LogP contribution in [-0.2, 0) is 17.6 Å². The fourth-order valence-electron chi connectivity index (χ4n) is 4.37. The van der Waals surface area contributed by atoms with E-state index in [1.54, 1.807) is 11.3 Å². The van der Waals surface area contributed by atoms with Gasteiger partial charge in [-0.05, 0) is 59.3 Å². The number of rotatable bonds is 3. The van der Waals surface area contributed by atoms with E-state index in [2.05, 4.69) is 63.0 Å². The maximum Gasteiger partial charge on any atom is 0.242 e. The number of nitrogens with zero attached hydrogens (tertiary/aromatic N) is 2. The first-order chi connectivity index (χ1) is 13.3. The number of para-hydroxylation sites is 1. The largest absolute Gasteiger partial charge is 0.362 e. The minimum Gasteiger partial charge on any atom is -0.362 e. The standard InChI is InChI=1S/C22H22N2OS2/c25-21(15-23-11-3-6-16-5-1-2-7-18(16)23)24-12-9-19-17(10-14-27-19)22(24)20-8-4-13-26-20/h1-2,4-5,7-8,10,13-14,22H,3,6,9,11-12,15H2. The summed E-state index contributed by atoms with van der Waals surface area (Å²) in [6.45, 7) is 2.24. The molecular weight excluding hydrogens is 372 g/mol. The third kappa shape index (κ3) is 3.09. The van der Waals surface area contributed by atoms with E-state index in [9.17, 15) is 4.79 Å². The molecule has 1 aromatic carbocycles. The molecule has 5 heteroatoms. The molecule has 3 nitrogen and oxygen atoms in total. The lowest BCUT2D eigenvalue weighted by Crippen LogP contribution is -2.46. The van der Waals surface area contributed by atoms with Crippen molar-refractivity contribution < 1.29 is 4.79 Å². The SMILES string of the molecule is O=C(CN1CCCc2ccccc21)N1CCc2sccc2C1c1cccs1. The van der Waals surface area contributed by atoms with Crippen molar-refractivity contribution in [1.29, 1.82) is 0 Å². The van der Waals surface area contributed by atoms with Gasteiger partial charge in [0.1, 0.15) is 0 Å². The van der Waals surface area contributed by atoms with Gasteiger partial charge in [-0.2, -0.15) is 0 Å². The summed E-state index contributed by atoms with van der Waals surface area (Å²) in [5.74, 6) is 0.238. The smallest absolute Gasteiger partial charge is 0.242 e. The number of hydrogen-bond acceptors (Lipinski definition) is 4. The van der Waals surface area contributed by atoms with Crippen LogP contribution in [0.1, 0.15) is 33.3 Å². The van der Waals surface area contributed by atoms with Crippen molar-refractivity contribution in [3.05, 3.63) is 74.1 Å². The zero-order valence-electron chi connectivity index (χ0n) is 15.1. The lowest BCUT2D eigenvalue weighted by Gasteiger charge is -2.38. The molecule has 4 heterocycles. The Morgan fingerprint density at radius 3 is 2.81 bits per heavy atom. The number of fused-ring (bicyclic) bond motifs is 2. The molecule has 1 atom stereocenters. The Labute approximate surface area is 167 Å². The topological polar surface area (TPSA) is 23.6 Å². The highest BCUT2D eigenvalue weighted by molar-refractivity contribution is 7.10. The minimum absolute atomic E-state index is 0.0764. The summed E-state index contributed by atoms with van der Waals surface area (Å²) in [6.07, 6.45) is 3.20. The predicted molar refractivity (Wildman–Crippen MR) is 113 cm³/mol. The number of anilines is 1. The molecule has 27 heavy (non-hydrogen) atoms. The van der Waals surface area contributed by atoms with E-state index >= 15 is 0 Å². The third-order valence-corrected chi connectivity index (χ3v) is 7.55. The normalized spacial score (nSPS) is 18.9. The lowest BCUT2D eigenvalue weighted by atomic mass is 9.98. The fourth-order valence-corrected chi connectivity index (χ4v) is 6.13. The van der Waals surface area contributed by atoms with Crippen LogP contribution in [0.15, 0.2) is 53.2 Å². The molecule has 0 fully saturated rings. The molecule has 2 aliphatic rings. The van der Waals surface area contributed by atoms with Gasteiger partial charge in [-0.3, -0.25) is 4.79 Å². The van der Waals surface area contributed by atoms with Crippen molar-refractivity contribution >= 4 is 34.3 Å². The van der Waals surface area contributed by atoms with Gasteiger partial charge >= 0.3 is 0 Å². The molecule has 0 aliphatic carbocycles. The van der Waals surface area contributed by atoms with Gasteiger partial charge in [-0.1, -0.05) is 24.3 Å². The fraction of sp³-hybridized carbons (Fsp3) is 0.318. The third-order valence-electron chi connectivity index (χ3n) is 5.63. The number of benzene rings is 1. The summed E-state index contributed by atoms with van der Waals surface area (Å²) < 4.78 is 0. The van der Waals surface area contributed by atoms with Crippen LogP contribution in [-0.4, -0.2) is 30.4 Å². The summed E-state index contributed by atoms with van der Waals surface area (Å²) in [7, 11) is 0. The second-order valence-electron chi connectivity index (χ2n) is 7.21. The van der Waals surface area contributed by atoms with E-state index in [-0.39, 0.29) is 11.9 Å². The zero-order chi connectivity index (χ0) is 18.2. The first-order valence-electron chi connectivity index (χ1n) is 9.53. The first-order valence-corrected chi connectivity index (χ1v) is 11.3. The van der Waals surface area contributed by atoms with Gasteiger partial charge in [0, 0.05) is 28.5 Å². The van der Waals surface area contributed by atoms with Crippen molar-refractivity contribution in [3.8, 4) is 0 Å². The number of aryl methyl sites for hydroxylation is 1. The molecule has 0 saturated carbocycles. The van der Waals surface area contributed by atoms with E-state index in [4.69, 9.17) is 0 Å². The average Bonchev–Trinajstić information content (AvgIpc) is 3.39. The molecule has 0 bridgehead atoms. The van der Waals surface area contributed by atoms with Gasteiger partial charge in [-0.15, -0.1) is 22.7 Å². The number of carbonyl (C=O) groups excluding carboxylic acids is 1. The van der Waals surface area contributed by atoms with Crippen LogP contribution in [0.25, 0.3) is 0 Å². The first kappa shape index (κ1) is 17.0. The summed E-state index contributed by atoms with van der Waals surface area (Å²) >= 11 is 3.57. The zero-order valence-corrected chi connectivity index (χ0v) is 16.8. The number of thiophene rings is 2. The Kier molecular flexibility index (Phi) is 4.50. The monoisotopic (exact) mass is 394 g/mol. The van der Waals surface area contributed by atoms with Gasteiger partial charge in [0.25, 0.3) is 0 Å². The van der Waals surface area contributed by atoms with E-state index in [1.807, 2.05) is 11.3 Å². The van der Waals surface area contributed by atoms with E-state index in [0.717, 1.165) is 32.4 Å². The average molecular weight is 395 g/mol. The quantitative estimate of drug-likeness (QED) is 0.641. The molecule has 0 radical (unpaired) electrons. The maximum atomic E-state index is 13.4. The Morgan fingerprint density at radius 2 is 1.93 bits per heavy atom. The van der Waals surface area contributed by atoms with Crippen LogP contribution >= 0.6 is 22.7 Å². The molecular formula is C22H22N2OS2. The molecule has 0 saturated heterocycles. The van der Waals surface area contributed by atoms with Crippen molar-refractivity contribution in [2.75, 3.05) is 24.5 Å². The molecule has 2 aliphatic heterocycles. The predicted octanol–water partition coefficient (Wildman–Crippen LogP) is 4.74. The molecule has 0 spiro atoms. The molecule has 3 aromatic rings. The molecule has 1 amide bonds. The second kappa shape index (κ2) is 7.13. The summed E-state index contributed by atoms with van der Waals surface area (Å²) in [5.41, 5.74) is 3.92. The van der Waals surface area contributed by atoms with Gasteiger partial charge in [-0.25, -0.2) is 0 Å². The van der Waals surface area contributed by atoms with Crippen LogP contribution in [0.4, 0.5) is 5.69 Å². The van der Waals surface area contributed by atoms with Gasteiger partial charge < -0.3 is 9.80 Å². The lowest BCUT2D eigenvalue weighted by molar-refractivity contribution is -0.131. The van der Waals surface area contributed by atoms with Gasteiger partial charge in [0.2, 0.25) is 5.91 Å². The number of amides is 1. The highest BCUT2D eigenvalue weighted by atomic mass is 32.1. The second-order valence-corrected chi connectivity index (χ2v) is 9.19. The Bertz CT molecular complexity index is 947. The van der Waals surface area contributed by atoms with Gasteiger partial charge in [0.15, 0.2) is 0 Å². The summed E-state index contributed by atoms with van der Waals surface area (Å²) in [4.78, 5) is 20.5. The van der Waals surface area contributed by atoms with Crippen molar-refractivity contribution in [3.63, 3.8) is 0 Å². The molecule has 138 valence electrons. The molecule has 5 rings (SSSR count). The van der Waals surface area contributed by atoms with Gasteiger partial charge in [0.05, 0.1) is 12.6 Å². The van der Waals surface area contributed by atoms with Crippen LogP contribution in [0.5, 0.6) is 0 Å². The molecule has 2 aromatic heterocycles. The molecule has 1 unspecified atom stereocenters. The van der Waals surface area contributed by atoms with Crippen molar-refractivity contribution in [2.24, 2.45) is 0 Å². The van der Waals surface area contributed by atoms with Crippen molar-refractivity contribution in [1.82, 2.24) is 4.90 Å². The van der Waals surface area contributed by atoms with Crippen LogP contribution in [0.2, 0.25) is 0 Å². The van der Waals surface area contributed by atoms with Crippen molar-refractivity contribution in [2.45, 2.75) is 25.3 Å². The Hall–Kier alpha value is -2.11. The van der Waals surface area contributed by atoms with Crippen LogP contribution in [0.3, 0.4) is 0 Å². The van der Waals surface area contributed by atoms with E-state index in [1.165, 1.54) is 26.6 Å². The van der Waals surface area contributed by atoms with E-state index < -0.39 is 0 Å². The number of hydrogen-bond donors (Lipinski definition) is 0. The summed E-state index contributed by atoms with van der Waals surface area (Å²) in [5, 5.41) is 4.28. The summed E-state index contributed by atoms with van der Waals surface area (Å²) in [6, 6.07) is 15.1. The Morgan fingerprint density at radius 1 is 1.00 bits per heavy atom. The maximum absolute atomic E-state index is 13.4. The number of carbonyl (C=O) groups is 1. The molecule has 0 N–H and O–H groups in total. The highest BCUT2D eigenvalue weighted by Gasteiger charge is 2.34. The van der Waals surface area contributed by atoms with E-state index in [0.29, 0.717) is 6.54 Å².